The molecule has 1 amide bonds. The first kappa shape index (κ1) is 13.6. The van der Waals surface area contributed by atoms with Gasteiger partial charge in [0.15, 0.2) is 0 Å². The minimum atomic E-state index is 0.0880. The molecule has 108 valence electrons. The van der Waals surface area contributed by atoms with E-state index in [4.69, 9.17) is 0 Å². The number of hydrogen-bond acceptors (Lipinski definition) is 2. The Morgan fingerprint density at radius 3 is 2.60 bits per heavy atom. The van der Waals surface area contributed by atoms with Gasteiger partial charge in [-0.3, -0.25) is 4.79 Å². The molecule has 1 aromatic carbocycles. The molecule has 2 heterocycles. The monoisotopic (exact) mass is 272 g/mol. The largest absolute Gasteiger partial charge is 0.341 e. The highest BCUT2D eigenvalue weighted by molar-refractivity contribution is 5.82. The number of rotatable bonds is 2. The highest BCUT2D eigenvalue weighted by atomic mass is 16.2. The van der Waals surface area contributed by atoms with Crippen LogP contribution in [-0.4, -0.2) is 36.5 Å². The molecule has 3 nitrogen and oxygen atoms in total. The number of likely N-dealkylation sites (tertiary alicyclic amines) is 1. The van der Waals surface area contributed by atoms with Gasteiger partial charge in [-0.25, -0.2) is 0 Å². The van der Waals surface area contributed by atoms with E-state index in [1.54, 1.807) is 0 Å². The second-order valence-electron chi connectivity index (χ2n) is 6.11. The normalized spacial score (nSPS) is 24.1. The molecule has 2 saturated heterocycles. The number of nitrogens with zero attached hydrogens (tertiary/aromatic N) is 1. The van der Waals surface area contributed by atoms with Gasteiger partial charge in [-0.05, 0) is 56.2 Å². The lowest BCUT2D eigenvalue weighted by molar-refractivity contribution is -0.134. The van der Waals surface area contributed by atoms with Crippen LogP contribution in [0.4, 0.5) is 0 Å². The van der Waals surface area contributed by atoms with Gasteiger partial charge in [-0.2, -0.15) is 0 Å². The number of carbonyl (C=O) groups is 1. The number of piperidine rings is 1. The fraction of sp³-hybridized carbons (Fsp3) is 0.588. The Bertz CT molecular complexity index is 472. The maximum absolute atomic E-state index is 12.4. The number of benzene rings is 1. The van der Waals surface area contributed by atoms with Gasteiger partial charge in [0.05, 0.1) is 6.04 Å². The van der Waals surface area contributed by atoms with Crippen molar-refractivity contribution in [1.82, 2.24) is 10.2 Å². The van der Waals surface area contributed by atoms with Gasteiger partial charge < -0.3 is 10.2 Å². The molecule has 1 atom stereocenters. The average Bonchev–Trinajstić information content (AvgIpc) is 3.01. The maximum atomic E-state index is 12.4. The van der Waals surface area contributed by atoms with Gasteiger partial charge in [0.1, 0.15) is 0 Å². The molecule has 0 aromatic heterocycles. The quantitative estimate of drug-likeness (QED) is 0.897. The maximum Gasteiger partial charge on any atom is 0.239 e. The second-order valence-corrected chi connectivity index (χ2v) is 6.11. The van der Waals surface area contributed by atoms with Crippen LogP contribution in [0.1, 0.15) is 42.7 Å². The predicted molar refractivity (Wildman–Crippen MR) is 80.8 cm³/mol. The highest BCUT2D eigenvalue weighted by Gasteiger charge is 2.30. The van der Waals surface area contributed by atoms with Crippen molar-refractivity contribution >= 4 is 5.91 Å². The van der Waals surface area contributed by atoms with E-state index < -0.39 is 0 Å². The first-order chi connectivity index (χ1) is 9.75. The van der Waals surface area contributed by atoms with Crippen LogP contribution in [0.25, 0.3) is 0 Å². The molecule has 20 heavy (non-hydrogen) atoms. The Hall–Kier alpha value is -1.35. The molecular formula is C17H24N2O. The zero-order valence-electron chi connectivity index (χ0n) is 12.3. The summed E-state index contributed by atoms with van der Waals surface area (Å²) in [5, 5.41) is 3.31. The summed E-state index contributed by atoms with van der Waals surface area (Å²) in [5.41, 5.74) is 2.85. The summed E-state index contributed by atoms with van der Waals surface area (Å²) in [5.74, 6) is 0.947. The molecule has 1 aromatic rings. The Morgan fingerprint density at radius 1 is 1.20 bits per heavy atom. The van der Waals surface area contributed by atoms with Crippen LogP contribution in [0.5, 0.6) is 0 Å². The van der Waals surface area contributed by atoms with Gasteiger partial charge in [0.2, 0.25) is 5.91 Å². The van der Waals surface area contributed by atoms with E-state index in [0.717, 1.165) is 45.3 Å². The third-order valence-electron chi connectivity index (χ3n) is 4.79. The Labute approximate surface area is 121 Å². The molecular weight excluding hydrogens is 248 g/mol. The van der Waals surface area contributed by atoms with Crippen molar-refractivity contribution in [2.75, 3.05) is 19.6 Å². The van der Waals surface area contributed by atoms with Crippen molar-refractivity contribution in [3.8, 4) is 0 Å². The van der Waals surface area contributed by atoms with E-state index in [9.17, 15) is 4.79 Å². The van der Waals surface area contributed by atoms with E-state index in [2.05, 4.69) is 41.4 Å². The fourth-order valence-electron chi connectivity index (χ4n) is 3.57. The Kier molecular flexibility index (Phi) is 4.06. The first-order valence-corrected chi connectivity index (χ1v) is 7.83. The van der Waals surface area contributed by atoms with E-state index in [1.165, 1.54) is 11.1 Å². The fourth-order valence-corrected chi connectivity index (χ4v) is 3.57. The van der Waals surface area contributed by atoms with Crippen molar-refractivity contribution < 1.29 is 4.79 Å². The Balaban J connectivity index is 1.59. The minimum absolute atomic E-state index is 0.0880. The molecule has 0 spiro atoms. The second kappa shape index (κ2) is 5.96. The summed E-state index contributed by atoms with van der Waals surface area (Å²) in [4.78, 5) is 14.4. The summed E-state index contributed by atoms with van der Waals surface area (Å²) in [6.07, 6.45) is 4.35. The smallest absolute Gasteiger partial charge is 0.239 e. The van der Waals surface area contributed by atoms with Gasteiger partial charge in [0.25, 0.3) is 0 Å². The lowest BCUT2D eigenvalue weighted by Gasteiger charge is -2.34. The van der Waals surface area contributed by atoms with Crippen LogP contribution in [-0.2, 0) is 4.79 Å². The van der Waals surface area contributed by atoms with Crippen LogP contribution in [0.15, 0.2) is 24.3 Å². The molecule has 0 radical (unpaired) electrons. The SMILES string of the molecule is Cc1ccccc1C1CCN(C(=O)[C@@H]2CCCN2)CC1. The van der Waals surface area contributed by atoms with Crippen molar-refractivity contribution in [2.45, 2.75) is 44.6 Å². The molecule has 1 N–H and O–H groups in total. The number of aryl methyl sites for hydroxylation is 1. The van der Waals surface area contributed by atoms with Crippen LogP contribution in [0.2, 0.25) is 0 Å². The minimum Gasteiger partial charge on any atom is -0.341 e. The first-order valence-electron chi connectivity index (χ1n) is 7.83. The number of carbonyl (C=O) groups excluding carboxylic acids is 1. The summed E-state index contributed by atoms with van der Waals surface area (Å²) < 4.78 is 0. The van der Waals surface area contributed by atoms with Crippen LogP contribution in [0.3, 0.4) is 0 Å². The zero-order chi connectivity index (χ0) is 13.9. The third-order valence-corrected chi connectivity index (χ3v) is 4.79. The summed E-state index contributed by atoms with van der Waals surface area (Å²) >= 11 is 0. The van der Waals surface area contributed by atoms with Crippen molar-refractivity contribution in [3.05, 3.63) is 35.4 Å². The Morgan fingerprint density at radius 2 is 1.95 bits per heavy atom. The van der Waals surface area contributed by atoms with Gasteiger partial charge in [-0.15, -0.1) is 0 Å². The van der Waals surface area contributed by atoms with E-state index in [0.29, 0.717) is 11.8 Å². The highest BCUT2D eigenvalue weighted by Crippen LogP contribution is 2.30. The van der Waals surface area contributed by atoms with Crippen LogP contribution in [0, 0.1) is 6.92 Å². The summed E-state index contributed by atoms with van der Waals surface area (Å²) in [6, 6.07) is 8.75. The topological polar surface area (TPSA) is 32.3 Å². The average molecular weight is 272 g/mol. The van der Waals surface area contributed by atoms with Gasteiger partial charge in [-0.1, -0.05) is 24.3 Å². The van der Waals surface area contributed by atoms with Crippen molar-refractivity contribution in [2.24, 2.45) is 0 Å². The van der Waals surface area contributed by atoms with Crippen molar-refractivity contribution in [3.63, 3.8) is 0 Å². The predicted octanol–water partition coefficient (Wildman–Crippen LogP) is 2.45. The lowest BCUT2D eigenvalue weighted by Crippen LogP contribution is -2.46. The number of hydrogen-bond donors (Lipinski definition) is 1. The molecule has 0 aliphatic carbocycles. The lowest BCUT2D eigenvalue weighted by atomic mass is 9.87. The molecule has 0 bridgehead atoms. The van der Waals surface area contributed by atoms with Gasteiger partial charge in [0, 0.05) is 13.1 Å². The van der Waals surface area contributed by atoms with E-state index in [1.807, 2.05) is 0 Å². The number of nitrogens with one attached hydrogen (secondary N) is 1. The van der Waals surface area contributed by atoms with E-state index >= 15 is 0 Å². The van der Waals surface area contributed by atoms with Crippen LogP contribution < -0.4 is 5.32 Å². The molecule has 2 fully saturated rings. The molecule has 2 aliphatic rings. The molecule has 3 rings (SSSR count). The summed E-state index contributed by atoms with van der Waals surface area (Å²) in [6.45, 7) is 5.01. The zero-order valence-corrected chi connectivity index (χ0v) is 12.3. The number of amides is 1. The summed E-state index contributed by atoms with van der Waals surface area (Å²) in [7, 11) is 0. The third kappa shape index (κ3) is 2.73. The molecule has 0 saturated carbocycles. The molecule has 3 heteroatoms. The van der Waals surface area contributed by atoms with Crippen LogP contribution >= 0.6 is 0 Å². The van der Waals surface area contributed by atoms with Gasteiger partial charge >= 0.3 is 0 Å². The molecule has 0 unspecified atom stereocenters. The van der Waals surface area contributed by atoms with Crippen molar-refractivity contribution in [1.29, 1.82) is 0 Å². The standard InChI is InChI=1S/C17H24N2O/c1-13-5-2-3-6-15(13)14-8-11-19(12-9-14)17(20)16-7-4-10-18-16/h2-3,5-6,14,16,18H,4,7-12H2,1H3/t16-/m0/s1. The molecule has 2 aliphatic heterocycles. The van der Waals surface area contributed by atoms with E-state index in [-0.39, 0.29) is 6.04 Å².